The summed E-state index contributed by atoms with van der Waals surface area (Å²) >= 11 is 1.55. The highest BCUT2D eigenvalue weighted by Gasteiger charge is 2.19. The van der Waals surface area contributed by atoms with Crippen LogP contribution in [0.2, 0.25) is 0 Å². The highest BCUT2D eigenvalue weighted by molar-refractivity contribution is 7.26. The molecule has 0 spiro atoms. The smallest absolute Gasteiger partial charge is 0.0629 e. The summed E-state index contributed by atoms with van der Waals surface area (Å²) in [5.74, 6) is 0. The van der Waals surface area contributed by atoms with Gasteiger partial charge >= 0.3 is 0 Å². The molecule has 39 heavy (non-hydrogen) atoms. The van der Waals surface area contributed by atoms with E-state index in [1.807, 2.05) is 97.1 Å². The Hall–Kier alpha value is -4.72. The largest absolute Gasteiger partial charge is 0.135 e. The minimum atomic E-state index is -0.407. The molecule has 0 saturated heterocycles. The van der Waals surface area contributed by atoms with Crippen LogP contribution in [0.25, 0.3) is 75.1 Å². The average molecular weight is 521 g/mol. The van der Waals surface area contributed by atoms with Gasteiger partial charge in [0, 0.05) is 25.7 Å². The van der Waals surface area contributed by atoms with Crippen molar-refractivity contribution < 1.29 is 11.0 Å². The summed E-state index contributed by atoms with van der Waals surface area (Å²) in [6.07, 6.45) is 0. The van der Waals surface area contributed by atoms with Gasteiger partial charge in [0.15, 0.2) is 0 Å². The van der Waals surface area contributed by atoms with Gasteiger partial charge in [-0.3, -0.25) is 0 Å². The van der Waals surface area contributed by atoms with Crippen molar-refractivity contribution in [1.29, 1.82) is 0 Å². The van der Waals surface area contributed by atoms with Crippen LogP contribution in [0.4, 0.5) is 0 Å². The Morgan fingerprint density at radius 2 is 0.949 bits per heavy atom. The first-order valence-corrected chi connectivity index (χ1v) is 13.5. The predicted octanol–water partition coefficient (Wildman–Crippen LogP) is 11.4. The molecule has 0 atom stereocenters. The lowest BCUT2D eigenvalue weighted by molar-refractivity contribution is 1.61. The maximum absolute atomic E-state index is 9.25. The van der Waals surface area contributed by atoms with E-state index in [2.05, 4.69) is 0 Å². The van der Waals surface area contributed by atoms with E-state index in [0.717, 1.165) is 31.3 Å². The fourth-order valence-electron chi connectivity index (χ4n) is 5.59. The molecule has 0 N–H and O–H groups in total. The Balaban J connectivity index is 1.62. The van der Waals surface area contributed by atoms with Crippen LogP contribution in [0.15, 0.2) is 145 Å². The Kier molecular flexibility index (Phi) is 3.58. The standard InChI is InChI=1S/C38H24S/c1-2-11-25(12-3-1)26-21-23-27(24-22-26)36-29-14-4-6-16-31(29)37(32-17-7-5-15-30(32)36)34-19-10-18-33-28-13-8-9-20-35(28)39-38(33)34/h1-24H/i4D,5D,6D,7D,14D,15D,16D,17D. The van der Waals surface area contributed by atoms with Crippen LogP contribution < -0.4 is 0 Å². The first-order chi connectivity index (χ1) is 22.7. The van der Waals surface area contributed by atoms with E-state index in [-0.39, 0.29) is 45.7 Å². The minimum Gasteiger partial charge on any atom is -0.135 e. The van der Waals surface area contributed by atoms with E-state index < -0.39 is 24.2 Å². The van der Waals surface area contributed by atoms with Crippen molar-refractivity contribution in [3.05, 3.63) is 145 Å². The SMILES string of the molecule is [2H]c1c([2H])c([2H])c2c(-c3cccc4c3sc3ccccc34)c3c([2H])c([2H])c([2H])c([2H])c3c(-c3ccc(-c4ccccc4)cc3)c2c1[2H]. The van der Waals surface area contributed by atoms with Crippen molar-refractivity contribution >= 4 is 53.1 Å². The normalized spacial score (nSPS) is 14.5. The molecule has 0 bridgehead atoms. The van der Waals surface area contributed by atoms with Crippen molar-refractivity contribution in [3.63, 3.8) is 0 Å². The molecule has 0 saturated carbocycles. The van der Waals surface area contributed by atoms with Crippen LogP contribution in [0.5, 0.6) is 0 Å². The number of hydrogen-bond acceptors (Lipinski definition) is 1. The number of fused-ring (bicyclic) bond motifs is 5. The van der Waals surface area contributed by atoms with Crippen LogP contribution in [0, 0.1) is 0 Å². The minimum absolute atomic E-state index is 0.217. The van der Waals surface area contributed by atoms with Crippen molar-refractivity contribution in [2.75, 3.05) is 0 Å². The fourth-order valence-corrected chi connectivity index (χ4v) is 6.81. The van der Waals surface area contributed by atoms with Gasteiger partial charge in [-0.25, -0.2) is 0 Å². The summed E-state index contributed by atoms with van der Waals surface area (Å²) in [6.45, 7) is 0. The highest BCUT2D eigenvalue weighted by Crippen LogP contribution is 2.47. The van der Waals surface area contributed by atoms with Gasteiger partial charge in [0.05, 0.1) is 11.0 Å². The van der Waals surface area contributed by atoms with Crippen LogP contribution in [0.1, 0.15) is 11.0 Å². The maximum Gasteiger partial charge on any atom is 0.0629 e. The molecule has 0 amide bonds. The van der Waals surface area contributed by atoms with Gasteiger partial charge in [-0.1, -0.05) is 139 Å². The molecule has 0 aliphatic rings. The monoisotopic (exact) mass is 520 g/mol. The van der Waals surface area contributed by atoms with Crippen LogP contribution >= 0.6 is 11.3 Å². The van der Waals surface area contributed by atoms with Gasteiger partial charge < -0.3 is 0 Å². The molecule has 0 aliphatic carbocycles. The number of benzene rings is 7. The molecule has 8 aromatic rings. The summed E-state index contributed by atoms with van der Waals surface area (Å²) in [7, 11) is 0. The number of hydrogen-bond donors (Lipinski definition) is 0. The lowest BCUT2D eigenvalue weighted by atomic mass is 9.85. The van der Waals surface area contributed by atoms with Crippen LogP contribution in [-0.4, -0.2) is 0 Å². The first-order valence-electron chi connectivity index (χ1n) is 16.7. The molecule has 1 aromatic heterocycles. The number of rotatable bonds is 3. The van der Waals surface area contributed by atoms with Crippen LogP contribution in [-0.2, 0) is 0 Å². The average Bonchev–Trinajstić information content (AvgIpc) is 3.49. The van der Waals surface area contributed by atoms with Gasteiger partial charge in [-0.2, -0.15) is 0 Å². The molecule has 0 aliphatic heterocycles. The quantitative estimate of drug-likeness (QED) is 0.203. The summed E-state index contributed by atoms with van der Waals surface area (Å²) in [5, 5.41) is 2.89. The summed E-state index contributed by atoms with van der Waals surface area (Å²) < 4.78 is 73.7. The zero-order valence-electron chi connectivity index (χ0n) is 28.6. The molecule has 0 radical (unpaired) electrons. The molecule has 0 nitrogen and oxygen atoms in total. The molecule has 1 heterocycles. The second-order valence-electron chi connectivity index (χ2n) is 9.47. The summed E-state index contributed by atoms with van der Waals surface area (Å²) in [6, 6.07) is 28.5. The van der Waals surface area contributed by atoms with Gasteiger partial charge in [0.2, 0.25) is 0 Å². The first kappa shape index (κ1) is 15.6. The van der Waals surface area contributed by atoms with E-state index in [9.17, 15) is 5.48 Å². The third-order valence-corrected chi connectivity index (χ3v) is 8.55. The second kappa shape index (κ2) is 8.94. The molecule has 8 rings (SSSR count). The lowest BCUT2D eigenvalue weighted by Gasteiger charge is -2.18. The molecule has 182 valence electrons. The molecule has 1 heteroatoms. The Morgan fingerprint density at radius 3 is 1.64 bits per heavy atom. The van der Waals surface area contributed by atoms with Crippen LogP contribution in [0.3, 0.4) is 0 Å². The number of thiophene rings is 1. The second-order valence-corrected chi connectivity index (χ2v) is 10.5. The van der Waals surface area contributed by atoms with E-state index in [1.165, 1.54) is 0 Å². The molecule has 0 fully saturated rings. The third-order valence-electron chi connectivity index (χ3n) is 7.33. The van der Waals surface area contributed by atoms with Crippen molar-refractivity contribution in [2.24, 2.45) is 0 Å². The Morgan fingerprint density at radius 1 is 0.410 bits per heavy atom. The molecule has 0 unspecified atom stereocenters. The molecule has 7 aromatic carbocycles. The summed E-state index contributed by atoms with van der Waals surface area (Å²) in [4.78, 5) is 0. The van der Waals surface area contributed by atoms with E-state index in [1.54, 1.807) is 11.3 Å². The van der Waals surface area contributed by atoms with Gasteiger partial charge in [0.1, 0.15) is 0 Å². The van der Waals surface area contributed by atoms with Crippen molar-refractivity contribution in [3.8, 4) is 33.4 Å². The molecular weight excluding hydrogens is 488 g/mol. The van der Waals surface area contributed by atoms with E-state index in [0.29, 0.717) is 22.3 Å². The zero-order valence-corrected chi connectivity index (χ0v) is 21.5. The predicted molar refractivity (Wildman–Crippen MR) is 171 cm³/mol. The highest BCUT2D eigenvalue weighted by atomic mass is 32.1. The maximum atomic E-state index is 9.25. The van der Waals surface area contributed by atoms with Gasteiger partial charge in [-0.05, 0) is 55.4 Å². The van der Waals surface area contributed by atoms with E-state index >= 15 is 0 Å². The van der Waals surface area contributed by atoms with E-state index in [4.69, 9.17) is 5.48 Å². The summed E-state index contributed by atoms with van der Waals surface area (Å²) in [5.41, 5.74) is 3.90. The molecular formula is C38H24S. The Bertz CT molecular complexity index is 2510. The topological polar surface area (TPSA) is 0 Å². The fraction of sp³-hybridized carbons (Fsp3) is 0. The third kappa shape index (κ3) is 3.51. The Labute approximate surface area is 242 Å². The van der Waals surface area contributed by atoms with Crippen molar-refractivity contribution in [2.45, 2.75) is 0 Å². The van der Waals surface area contributed by atoms with Gasteiger partial charge in [0.25, 0.3) is 0 Å². The zero-order chi connectivity index (χ0) is 32.7. The van der Waals surface area contributed by atoms with Gasteiger partial charge in [-0.15, -0.1) is 11.3 Å². The van der Waals surface area contributed by atoms with Crippen molar-refractivity contribution in [1.82, 2.24) is 0 Å². The lowest BCUT2D eigenvalue weighted by Crippen LogP contribution is -1.91.